The Labute approximate surface area is 226 Å². The molecule has 0 aromatic heterocycles. The van der Waals surface area contributed by atoms with E-state index in [2.05, 4.69) is 18.6 Å². The first-order valence-corrected chi connectivity index (χ1v) is 14.2. The van der Waals surface area contributed by atoms with E-state index in [9.17, 15) is 22.0 Å². The number of benzene rings is 2. The number of halogens is 7. The van der Waals surface area contributed by atoms with Crippen molar-refractivity contribution < 1.29 is 35.5 Å². The van der Waals surface area contributed by atoms with E-state index >= 15 is 8.78 Å². The number of hydrogen-bond acceptors (Lipinski definition) is 1. The van der Waals surface area contributed by atoms with Crippen molar-refractivity contribution in [1.82, 2.24) is 0 Å². The lowest BCUT2D eigenvalue weighted by molar-refractivity contribution is -0.276. The summed E-state index contributed by atoms with van der Waals surface area (Å²) in [6.07, 6.45) is 7.38. The molecule has 4 rings (SSSR count). The van der Waals surface area contributed by atoms with Gasteiger partial charge in [0.25, 0.3) is 0 Å². The molecule has 2 aromatic carbocycles. The van der Waals surface area contributed by atoms with Crippen LogP contribution in [0.4, 0.5) is 30.7 Å². The maximum absolute atomic E-state index is 15.0. The van der Waals surface area contributed by atoms with Crippen molar-refractivity contribution in [2.24, 2.45) is 23.7 Å². The molecule has 0 spiro atoms. The lowest BCUT2D eigenvalue weighted by Crippen LogP contribution is -2.23. The minimum atomic E-state index is -5.31. The first-order chi connectivity index (χ1) is 18.4. The Morgan fingerprint density at radius 1 is 0.769 bits per heavy atom. The second kappa shape index (κ2) is 12.5. The molecule has 2 fully saturated rings. The standard InChI is InChI=1S/C31H37F7O/c1-3-4-19-5-9-21(10-6-19)18(2)13-20-7-11-22(12-8-20)23-14-25(32)29(26(33)15-23)24-16-27(34)30(28(35)17-24)39-31(36,37)38/h14-22H,3-13H2,1-2H3. The zero-order valence-electron chi connectivity index (χ0n) is 22.5. The predicted octanol–water partition coefficient (Wildman–Crippen LogP) is 10.7. The van der Waals surface area contributed by atoms with Crippen LogP contribution >= 0.6 is 0 Å². The van der Waals surface area contributed by atoms with Crippen LogP contribution in [0.3, 0.4) is 0 Å². The van der Waals surface area contributed by atoms with Crippen LogP contribution in [0.1, 0.15) is 96.0 Å². The number of alkyl halides is 3. The van der Waals surface area contributed by atoms with Crippen LogP contribution in [0.15, 0.2) is 24.3 Å². The van der Waals surface area contributed by atoms with Crippen molar-refractivity contribution >= 4 is 0 Å². The van der Waals surface area contributed by atoms with Crippen molar-refractivity contribution in [3.8, 4) is 16.9 Å². The van der Waals surface area contributed by atoms with Crippen LogP contribution in [-0.4, -0.2) is 6.36 Å². The van der Waals surface area contributed by atoms with Gasteiger partial charge in [0, 0.05) is 0 Å². The fourth-order valence-electron chi connectivity index (χ4n) is 6.93. The Morgan fingerprint density at radius 3 is 1.82 bits per heavy atom. The normalized spacial score (nSPS) is 24.9. The van der Waals surface area contributed by atoms with Crippen molar-refractivity contribution in [3.63, 3.8) is 0 Å². The first-order valence-electron chi connectivity index (χ1n) is 14.2. The molecule has 1 unspecified atom stereocenters. The zero-order chi connectivity index (χ0) is 28.3. The molecule has 2 aliphatic rings. The van der Waals surface area contributed by atoms with Crippen LogP contribution in [-0.2, 0) is 0 Å². The highest BCUT2D eigenvalue weighted by molar-refractivity contribution is 5.66. The highest BCUT2D eigenvalue weighted by atomic mass is 19.4. The Morgan fingerprint density at radius 2 is 1.31 bits per heavy atom. The molecule has 8 heteroatoms. The molecule has 1 atom stereocenters. The molecule has 0 N–H and O–H groups in total. The second-order valence-corrected chi connectivity index (χ2v) is 11.7. The summed E-state index contributed by atoms with van der Waals surface area (Å²) in [7, 11) is 0. The summed E-state index contributed by atoms with van der Waals surface area (Å²) in [5.74, 6) is -4.16. The van der Waals surface area contributed by atoms with Gasteiger partial charge in [0.1, 0.15) is 11.6 Å². The third-order valence-corrected chi connectivity index (χ3v) is 8.99. The lowest BCUT2D eigenvalue weighted by Gasteiger charge is -2.36. The lowest BCUT2D eigenvalue weighted by atomic mass is 9.70. The summed E-state index contributed by atoms with van der Waals surface area (Å²) in [6, 6.07) is 3.23. The van der Waals surface area contributed by atoms with E-state index in [4.69, 9.17) is 0 Å². The third-order valence-electron chi connectivity index (χ3n) is 8.99. The highest BCUT2D eigenvalue weighted by Gasteiger charge is 2.35. The summed E-state index contributed by atoms with van der Waals surface area (Å²) < 4.78 is 98.9. The highest BCUT2D eigenvalue weighted by Crippen LogP contribution is 2.43. The quantitative estimate of drug-likeness (QED) is 0.293. The van der Waals surface area contributed by atoms with Gasteiger partial charge in [-0.1, -0.05) is 39.5 Å². The van der Waals surface area contributed by atoms with Crippen LogP contribution in [0.25, 0.3) is 11.1 Å². The Bertz CT molecular complexity index is 1070. The fourth-order valence-corrected chi connectivity index (χ4v) is 6.93. The second-order valence-electron chi connectivity index (χ2n) is 11.7. The minimum absolute atomic E-state index is 0.0184. The Hall–Kier alpha value is -2.25. The third kappa shape index (κ3) is 7.49. The van der Waals surface area contributed by atoms with E-state index in [1.807, 2.05) is 0 Å². The van der Waals surface area contributed by atoms with Gasteiger partial charge in [-0.05, 0) is 110 Å². The molecule has 216 valence electrons. The summed E-state index contributed by atoms with van der Waals surface area (Å²) in [5.41, 5.74) is -0.735. The summed E-state index contributed by atoms with van der Waals surface area (Å²) in [6.45, 7) is 4.62. The Kier molecular flexibility index (Phi) is 9.53. The van der Waals surface area contributed by atoms with Crippen LogP contribution in [0.5, 0.6) is 5.75 Å². The van der Waals surface area contributed by atoms with Crippen molar-refractivity contribution in [3.05, 3.63) is 53.1 Å². The SMILES string of the molecule is CCCC1CCC(C(C)CC2CCC(c3cc(F)c(-c4cc(F)c(OC(F)(F)F)c(F)c4)c(F)c3)CC2)CC1. The van der Waals surface area contributed by atoms with Gasteiger partial charge in [-0.3, -0.25) is 0 Å². The van der Waals surface area contributed by atoms with Gasteiger partial charge in [0.2, 0.25) is 5.75 Å². The van der Waals surface area contributed by atoms with Gasteiger partial charge < -0.3 is 4.74 Å². The fraction of sp³-hybridized carbons (Fsp3) is 0.613. The van der Waals surface area contributed by atoms with Crippen molar-refractivity contribution in [2.75, 3.05) is 0 Å². The Balaban J connectivity index is 1.37. The van der Waals surface area contributed by atoms with Gasteiger partial charge in [-0.2, -0.15) is 0 Å². The molecular weight excluding hydrogens is 521 g/mol. The maximum Gasteiger partial charge on any atom is 0.573 e. The van der Waals surface area contributed by atoms with Crippen LogP contribution in [0.2, 0.25) is 0 Å². The van der Waals surface area contributed by atoms with Crippen molar-refractivity contribution in [2.45, 2.75) is 96.8 Å². The number of rotatable bonds is 8. The van der Waals surface area contributed by atoms with Gasteiger partial charge in [0.15, 0.2) is 11.6 Å². The van der Waals surface area contributed by atoms with E-state index in [1.54, 1.807) is 0 Å². The smallest absolute Gasteiger partial charge is 0.399 e. The topological polar surface area (TPSA) is 9.23 Å². The molecule has 0 aliphatic heterocycles. The minimum Gasteiger partial charge on any atom is -0.399 e. The molecule has 2 aliphatic carbocycles. The van der Waals surface area contributed by atoms with E-state index < -0.39 is 46.5 Å². The molecule has 0 amide bonds. The largest absolute Gasteiger partial charge is 0.573 e. The van der Waals surface area contributed by atoms with E-state index in [-0.39, 0.29) is 5.92 Å². The molecule has 39 heavy (non-hydrogen) atoms. The predicted molar refractivity (Wildman–Crippen MR) is 137 cm³/mol. The molecule has 0 radical (unpaired) electrons. The molecule has 0 saturated heterocycles. The van der Waals surface area contributed by atoms with Gasteiger partial charge in [-0.25, -0.2) is 17.6 Å². The van der Waals surface area contributed by atoms with E-state index in [1.165, 1.54) is 57.1 Å². The molecule has 2 aromatic rings. The van der Waals surface area contributed by atoms with E-state index in [0.29, 0.717) is 29.5 Å². The van der Waals surface area contributed by atoms with Crippen molar-refractivity contribution in [1.29, 1.82) is 0 Å². The number of hydrogen-bond donors (Lipinski definition) is 0. The maximum atomic E-state index is 15.0. The van der Waals surface area contributed by atoms with Gasteiger partial charge >= 0.3 is 6.36 Å². The first kappa shape index (κ1) is 29.7. The van der Waals surface area contributed by atoms with Gasteiger partial charge in [0.05, 0.1) is 5.56 Å². The summed E-state index contributed by atoms with van der Waals surface area (Å²) in [5, 5.41) is 0. The molecule has 2 saturated carbocycles. The monoisotopic (exact) mass is 558 g/mol. The van der Waals surface area contributed by atoms with Gasteiger partial charge in [-0.15, -0.1) is 13.2 Å². The molecule has 0 bridgehead atoms. The molecular formula is C31H37F7O. The summed E-state index contributed by atoms with van der Waals surface area (Å²) >= 11 is 0. The van der Waals surface area contributed by atoms with E-state index in [0.717, 1.165) is 37.5 Å². The molecule has 1 nitrogen and oxygen atoms in total. The van der Waals surface area contributed by atoms with Crippen LogP contribution < -0.4 is 4.74 Å². The van der Waals surface area contributed by atoms with Crippen LogP contribution in [0, 0.1) is 46.9 Å². The molecule has 0 heterocycles. The number of ether oxygens (including phenoxy) is 1. The zero-order valence-corrected chi connectivity index (χ0v) is 22.5. The average molecular weight is 559 g/mol. The average Bonchev–Trinajstić information content (AvgIpc) is 2.86. The summed E-state index contributed by atoms with van der Waals surface area (Å²) in [4.78, 5) is 0.